The summed E-state index contributed by atoms with van der Waals surface area (Å²) in [6.07, 6.45) is 4.87. The van der Waals surface area contributed by atoms with Crippen LogP contribution < -0.4 is 4.74 Å². The predicted molar refractivity (Wildman–Crippen MR) is 123 cm³/mol. The summed E-state index contributed by atoms with van der Waals surface area (Å²) >= 11 is 0. The topological polar surface area (TPSA) is 95.5 Å². The number of methoxy groups -OCH3 is 1. The monoisotopic (exact) mass is 439 g/mol. The zero-order valence-electron chi connectivity index (χ0n) is 17.9. The molecule has 4 aromatic rings. The van der Waals surface area contributed by atoms with Gasteiger partial charge in [-0.05, 0) is 23.8 Å². The second-order valence-electron chi connectivity index (χ2n) is 7.77. The highest BCUT2D eigenvalue weighted by molar-refractivity contribution is 6.46. The molecule has 0 bridgehead atoms. The molecule has 5 rings (SSSR count). The molecule has 0 saturated carbocycles. The molecule has 2 aromatic carbocycles. The summed E-state index contributed by atoms with van der Waals surface area (Å²) in [6.45, 7) is 0.138. The van der Waals surface area contributed by atoms with Gasteiger partial charge in [0, 0.05) is 40.6 Å². The van der Waals surface area contributed by atoms with Gasteiger partial charge in [0.2, 0.25) is 0 Å². The van der Waals surface area contributed by atoms with E-state index in [2.05, 4.69) is 9.97 Å². The molecule has 0 spiro atoms. The predicted octanol–water partition coefficient (Wildman–Crippen LogP) is 4.19. The Morgan fingerprint density at radius 2 is 1.88 bits per heavy atom. The van der Waals surface area contributed by atoms with E-state index < -0.39 is 17.7 Å². The highest BCUT2D eigenvalue weighted by Gasteiger charge is 2.46. The summed E-state index contributed by atoms with van der Waals surface area (Å²) in [5.41, 5.74) is 2.71. The van der Waals surface area contributed by atoms with Crippen LogP contribution in [0.4, 0.5) is 0 Å². The smallest absolute Gasteiger partial charge is 0.295 e. The van der Waals surface area contributed by atoms with Gasteiger partial charge >= 0.3 is 0 Å². The number of ether oxygens (including phenoxy) is 1. The third kappa shape index (κ3) is 3.43. The standard InChI is InChI=1S/C26H21N3O4/c1-33-21-11-5-2-7-17(21)15-29-23(16-8-6-12-27-13-16)22(25(31)26(29)32)24(30)19-14-28-20-10-4-3-9-18(19)20/h2-14,23,28,30H,15H2,1H3/b24-22-. The third-order valence-corrected chi connectivity index (χ3v) is 5.92. The molecular formula is C26H21N3O4. The lowest BCUT2D eigenvalue weighted by Crippen LogP contribution is -2.29. The number of aromatic nitrogens is 2. The van der Waals surface area contributed by atoms with E-state index >= 15 is 0 Å². The van der Waals surface area contributed by atoms with Crippen molar-refractivity contribution in [2.75, 3.05) is 7.11 Å². The Hall–Kier alpha value is -4.39. The molecular weight excluding hydrogens is 418 g/mol. The quantitative estimate of drug-likeness (QED) is 0.276. The maximum atomic E-state index is 13.2. The largest absolute Gasteiger partial charge is 0.507 e. The van der Waals surface area contributed by atoms with Gasteiger partial charge in [0.25, 0.3) is 11.7 Å². The van der Waals surface area contributed by atoms with Crippen LogP contribution in [0.25, 0.3) is 16.7 Å². The van der Waals surface area contributed by atoms with Gasteiger partial charge in [-0.1, -0.05) is 42.5 Å². The molecule has 1 saturated heterocycles. The molecule has 1 aliphatic heterocycles. The minimum Gasteiger partial charge on any atom is -0.507 e. The van der Waals surface area contributed by atoms with Gasteiger partial charge in [0.15, 0.2) is 0 Å². The van der Waals surface area contributed by atoms with E-state index in [4.69, 9.17) is 4.74 Å². The number of hydrogen-bond donors (Lipinski definition) is 2. The van der Waals surface area contributed by atoms with Crippen LogP contribution in [-0.4, -0.2) is 38.8 Å². The number of carbonyl (C=O) groups is 2. The fraction of sp³-hybridized carbons (Fsp3) is 0.115. The number of rotatable bonds is 5. The zero-order valence-corrected chi connectivity index (χ0v) is 17.9. The summed E-state index contributed by atoms with van der Waals surface area (Å²) in [7, 11) is 1.56. The Morgan fingerprint density at radius 1 is 1.09 bits per heavy atom. The number of para-hydroxylation sites is 2. The van der Waals surface area contributed by atoms with Crippen LogP contribution in [0.2, 0.25) is 0 Å². The first kappa shape index (κ1) is 20.5. The number of aliphatic hydroxyl groups excluding tert-OH is 1. The summed E-state index contributed by atoms with van der Waals surface area (Å²) in [6, 6.07) is 17.5. The summed E-state index contributed by atoms with van der Waals surface area (Å²) < 4.78 is 5.44. The Bertz CT molecular complexity index is 1390. The molecule has 0 radical (unpaired) electrons. The van der Waals surface area contributed by atoms with Crippen molar-refractivity contribution in [1.82, 2.24) is 14.9 Å². The second-order valence-corrected chi connectivity index (χ2v) is 7.77. The number of Topliss-reactive ketones (excluding diaryl/α,β-unsaturated/α-hetero) is 1. The minimum absolute atomic E-state index is 0.0349. The van der Waals surface area contributed by atoms with E-state index in [1.807, 2.05) is 42.5 Å². The first-order chi connectivity index (χ1) is 16.1. The van der Waals surface area contributed by atoms with E-state index in [9.17, 15) is 14.7 Å². The van der Waals surface area contributed by atoms with Crippen molar-refractivity contribution in [2.24, 2.45) is 0 Å². The van der Waals surface area contributed by atoms with E-state index in [0.717, 1.165) is 16.5 Å². The fourth-order valence-corrected chi connectivity index (χ4v) is 4.36. The molecule has 0 aliphatic carbocycles. The van der Waals surface area contributed by atoms with Crippen LogP contribution in [0.15, 0.2) is 84.8 Å². The van der Waals surface area contributed by atoms with E-state index in [0.29, 0.717) is 16.9 Å². The van der Waals surface area contributed by atoms with Crippen molar-refractivity contribution in [1.29, 1.82) is 0 Å². The minimum atomic E-state index is -0.794. The number of amides is 1. The SMILES string of the molecule is COc1ccccc1CN1C(=O)C(=O)/C(=C(\O)c2c[nH]c3ccccc23)C1c1cccnc1. The van der Waals surface area contributed by atoms with Crippen LogP contribution in [-0.2, 0) is 16.1 Å². The van der Waals surface area contributed by atoms with Gasteiger partial charge in [-0.3, -0.25) is 14.6 Å². The molecule has 1 aliphatic rings. The van der Waals surface area contributed by atoms with Crippen LogP contribution >= 0.6 is 0 Å². The molecule has 7 nitrogen and oxygen atoms in total. The Kier molecular flexibility index (Phi) is 5.14. The number of likely N-dealkylation sites (tertiary alicyclic amines) is 1. The van der Waals surface area contributed by atoms with Crippen LogP contribution in [0.3, 0.4) is 0 Å². The van der Waals surface area contributed by atoms with Crippen LogP contribution in [0, 0.1) is 0 Å². The molecule has 1 atom stereocenters. The summed E-state index contributed by atoms with van der Waals surface area (Å²) in [5, 5.41) is 12.1. The average molecular weight is 439 g/mol. The van der Waals surface area contributed by atoms with Crippen molar-refractivity contribution in [2.45, 2.75) is 12.6 Å². The maximum absolute atomic E-state index is 13.2. The zero-order chi connectivity index (χ0) is 22.9. The highest BCUT2D eigenvalue weighted by atomic mass is 16.5. The number of hydrogen-bond acceptors (Lipinski definition) is 5. The number of nitrogens with one attached hydrogen (secondary N) is 1. The third-order valence-electron chi connectivity index (χ3n) is 5.92. The number of ketones is 1. The van der Waals surface area contributed by atoms with E-state index in [-0.39, 0.29) is 17.9 Å². The van der Waals surface area contributed by atoms with Crippen molar-refractivity contribution in [3.8, 4) is 5.75 Å². The Morgan fingerprint density at radius 3 is 2.67 bits per heavy atom. The fourth-order valence-electron chi connectivity index (χ4n) is 4.36. The number of aliphatic hydroxyl groups is 1. The number of nitrogens with zero attached hydrogens (tertiary/aromatic N) is 2. The molecule has 7 heteroatoms. The van der Waals surface area contributed by atoms with E-state index in [1.165, 1.54) is 4.90 Å². The lowest BCUT2D eigenvalue weighted by atomic mass is 9.96. The van der Waals surface area contributed by atoms with Gasteiger partial charge < -0.3 is 19.7 Å². The van der Waals surface area contributed by atoms with Gasteiger partial charge in [-0.2, -0.15) is 0 Å². The molecule has 1 amide bonds. The van der Waals surface area contributed by atoms with Gasteiger partial charge in [-0.25, -0.2) is 0 Å². The lowest BCUT2D eigenvalue weighted by Gasteiger charge is -2.25. The number of aromatic amines is 1. The first-order valence-corrected chi connectivity index (χ1v) is 10.5. The normalized spacial score (nSPS) is 17.6. The first-order valence-electron chi connectivity index (χ1n) is 10.5. The molecule has 33 heavy (non-hydrogen) atoms. The number of pyridine rings is 1. The van der Waals surface area contributed by atoms with Gasteiger partial charge in [-0.15, -0.1) is 0 Å². The molecule has 2 aromatic heterocycles. The van der Waals surface area contributed by atoms with Gasteiger partial charge in [0.1, 0.15) is 11.5 Å². The number of carbonyl (C=O) groups excluding carboxylic acids is 2. The average Bonchev–Trinajstić information content (AvgIpc) is 3.39. The summed E-state index contributed by atoms with van der Waals surface area (Å²) in [4.78, 5) is 35.2. The van der Waals surface area contributed by atoms with Crippen molar-refractivity contribution < 1.29 is 19.4 Å². The lowest BCUT2D eigenvalue weighted by molar-refractivity contribution is -0.140. The molecule has 3 heterocycles. The Labute approximate surface area is 190 Å². The summed E-state index contributed by atoms with van der Waals surface area (Å²) in [5.74, 6) is -1.03. The highest BCUT2D eigenvalue weighted by Crippen LogP contribution is 2.41. The molecule has 1 unspecified atom stereocenters. The maximum Gasteiger partial charge on any atom is 0.295 e. The second kappa shape index (κ2) is 8.27. The molecule has 2 N–H and O–H groups in total. The number of H-pyrrole nitrogens is 1. The van der Waals surface area contributed by atoms with Crippen LogP contribution in [0.5, 0.6) is 5.75 Å². The number of fused-ring (bicyclic) bond motifs is 1. The molecule has 1 fully saturated rings. The van der Waals surface area contributed by atoms with Crippen LogP contribution in [0.1, 0.15) is 22.7 Å². The van der Waals surface area contributed by atoms with Crippen molar-refractivity contribution >= 4 is 28.4 Å². The Balaban J connectivity index is 1.68. The van der Waals surface area contributed by atoms with Crippen molar-refractivity contribution in [3.63, 3.8) is 0 Å². The van der Waals surface area contributed by atoms with Crippen molar-refractivity contribution in [3.05, 3.63) is 102 Å². The van der Waals surface area contributed by atoms with Gasteiger partial charge in [0.05, 0.1) is 25.3 Å². The molecule has 164 valence electrons. The van der Waals surface area contributed by atoms with E-state index in [1.54, 1.807) is 43.9 Å². The number of benzene rings is 2.